The second-order valence-electron chi connectivity index (χ2n) is 4.76. The smallest absolute Gasteiger partial charge is 0.223 e. The van der Waals surface area contributed by atoms with Crippen LogP contribution in [-0.2, 0) is 11.3 Å². The molecule has 0 saturated carbocycles. The first-order chi connectivity index (χ1) is 9.17. The van der Waals surface area contributed by atoms with Gasteiger partial charge in [-0.2, -0.15) is 0 Å². The van der Waals surface area contributed by atoms with E-state index >= 15 is 0 Å². The highest BCUT2D eigenvalue weighted by atomic mass is 16.5. The third-order valence-electron chi connectivity index (χ3n) is 3.48. The number of hydrogen-bond acceptors (Lipinski definition) is 4. The predicted molar refractivity (Wildman–Crippen MR) is 72.1 cm³/mol. The van der Waals surface area contributed by atoms with E-state index in [0.717, 1.165) is 23.6 Å². The van der Waals surface area contributed by atoms with E-state index in [2.05, 4.69) is 0 Å². The molecule has 1 unspecified atom stereocenters. The summed E-state index contributed by atoms with van der Waals surface area (Å²) in [6, 6.07) is 5.60. The molecule has 0 radical (unpaired) electrons. The third-order valence-corrected chi connectivity index (χ3v) is 3.48. The normalized spacial score (nSPS) is 18.8. The van der Waals surface area contributed by atoms with Crippen LogP contribution in [0.2, 0.25) is 0 Å². The van der Waals surface area contributed by atoms with Crippen LogP contribution in [0.5, 0.6) is 11.5 Å². The minimum absolute atomic E-state index is 0.153. The second-order valence-corrected chi connectivity index (χ2v) is 4.76. The summed E-state index contributed by atoms with van der Waals surface area (Å²) in [6.07, 6.45) is 0.544. The molecule has 1 aromatic carbocycles. The molecule has 1 atom stereocenters. The molecule has 1 heterocycles. The van der Waals surface area contributed by atoms with Crippen LogP contribution in [0.4, 0.5) is 0 Å². The van der Waals surface area contributed by atoms with Crippen molar-refractivity contribution in [2.75, 3.05) is 27.3 Å². The lowest BCUT2D eigenvalue weighted by Gasteiger charge is -2.19. The lowest BCUT2D eigenvalue weighted by Crippen LogP contribution is -2.26. The van der Waals surface area contributed by atoms with E-state index in [9.17, 15) is 4.79 Å². The first-order valence-electron chi connectivity index (χ1n) is 6.36. The molecule has 5 heteroatoms. The van der Waals surface area contributed by atoms with E-state index in [-0.39, 0.29) is 11.8 Å². The molecule has 1 fully saturated rings. The van der Waals surface area contributed by atoms with Crippen LogP contribution in [0.25, 0.3) is 0 Å². The number of carbonyl (C=O) groups excluding carboxylic acids is 1. The SMILES string of the molecule is COc1ccc(OC)c(CN2CC(CN)CC2=O)c1. The fourth-order valence-corrected chi connectivity index (χ4v) is 2.38. The van der Waals surface area contributed by atoms with E-state index in [0.29, 0.717) is 19.5 Å². The van der Waals surface area contributed by atoms with Gasteiger partial charge in [0.25, 0.3) is 0 Å². The number of ether oxygens (including phenoxy) is 2. The summed E-state index contributed by atoms with van der Waals surface area (Å²) in [5.41, 5.74) is 6.58. The van der Waals surface area contributed by atoms with Crippen LogP contribution in [0.1, 0.15) is 12.0 Å². The van der Waals surface area contributed by atoms with E-state index in [4.69, 9.17) is 15.2 Å². The van der Waals surface area contributed by atoms with Crippen LogP contribution in [-0.4, -0.2) is 38.1 Å². The highest BCUT2D eigenvalue weighted by Gasteiger charge is 2.29. The van der Waals surface area contributed by atoms with Gasteiger partial charge in [-0.1, -0.05) is 0 Å². The lowest BCUT2D eigenvalue weighted by molar-refractivity contribution is -0.128. The van der Waals surface area contributed by atoms with Crippen LogP contribution in [0, 0.1) is 5.92 Å². The molecular weight excluding hydrogens is 244 g/mol. The zero-order valence-electron chi connectivity index (χ0n) is 11.4. The van der Waals surface area contributed by atoms with Gasteiger partial charge in [0.15, 0.2) is 0 Å². The summed E-state index contributed by atoms with van der Waals surface area (Å²) >= 11 is 0. The number of rotatable bonds is 5. The van der Waals surface area contributed by atoms with Crippen LogP contribution < -0.4 is 15.2 Å². The molecule has 2 rings (SSSR count). The van der Waals surface area contributed by atoms with E-state index in [1.54, 1.807) is 14.2 Å². The molecule has 1 amide bonds. The van der Waals surface area contributed by atoms with Crippen molar-refractivity contribution in [3.63, 3.8) is 0 Å². The van der Waals surface area contributed by atoms with Crippen LogP contribution in [0.3, 0.4) is 0 Å². The Morgan fingerprint density at radius 2 is 2.16 bits per heavy atom. The molecule has 0 bridgehead atoms. The quantitative estimate of drug-likeness (QED) is 0.862. The van der Waals surface area contributed by atoms with Crippen molar-refractivity contribution in [1.29, 1.82) is 0 Å². The summed E-state index contributed by atoms with van der Waals surface area (Å²) in [5.74, 6) is 1.95. The van der Waals surface area contributed by atoms with Crippen molar-refractivity contribution in [2.24, 2.45) is 11.7 Å². The number of likely N-dealkylation sites (tertiary alicyclic amines) is 1. The Labute approximate surface area is 113 Å². The standard InChI is InChI=1S/C14H20N2O3/c1-18-12-3-4-13(19-2)11(6-12)9-16-8-10(7-15)5-14(16)17/h3-4,6,10H,5,7-9,15H2,1-2H3. The molecule has 104 valence electrons. The highest BCUT2D eigenvalue weighted by Crippen LogP contribution is 2.27. The van der Waals surface area contributed by atoms with Crippen LogP contribution in [0.15, 0.2) is 18.2 Å². The minimum Gasteiger partial charge on any atom is -0.497 e. The van der Waals surface area contributed by atoms with Crippen molar-refractivity contribution in [3.05, 3.63) is 23.8 Å². The average molecular weight is 264 g/mol. The highest BCUT2D eigenvalue weighted by molar-refractivity contribution is 5.78. The summed E-state index contributed by atoms with van der Waals surface area (Å²) < 4.78 is 10.5. The molecule has 2 N–H and O–H groups in total. The van der Waals surface area contributed by atoms with Gasteiger partial charge in [-0.15, -0.1) is 0 Å². The number of benzene rings is 1. The number of nitrogens with two attached hydrogens (primary N) is 1. The Morgan fingerprint density at radius 3 is 2.74 bits per heavy atom. The van der Waals surface area contributed by atoms with Crippen molar-refractivity contribution in [2.45, 2.75) is 13.0 Å². The van der Waals surface area contributed by atoms with E-state index < -0.39 is 0 Å². The molecule has 1 aromatic rings. The Hall–Kier alpha value is -1.75. The summed E-state index contributed by atoms with van der Waals surface area (Å²) in [4.78, 5) is 13.7. The van der Waals surface area contributed by atoms with Gasteiger partial charge in [0.2, 0.25) is 5.91 Å². The van der Waals surface area contributed by atoms with Crippen LogP contribution >= 0.6 is 0 Å². The maximum Gasteiger partial charge on any atom is 0.223 e. The van der Waals surface area contributed by atoms with Crippen molar-refractivity contribution in [1.82, 2.24) is 4.90 Å². The first-order valence-corrected chi connectivity index (χ1v) is 6.36. The maximum atomic E-state index is 11.9. The summed E-state index contributed by atoms with van der Waals surface area (Å²) in [6.45, 7) is 1.81. The molecule has 0 spiro atoms. The van der Waals surface area contributed by atoms with Gasteiger partial charge in [0.1, 0.15) is 11.5 Å². The number of hydrogen-bond donors (Lipinski definition) is 1. The second kappa shape index (κ2) is 5.93. The van der Waals surface area contributed by atoms with Gasteiger partial charge in [-0.25, -0.2) is 0 Å². The van der Waals surface area contributed by atoms with Gasteiger partial charge < -0.3 is 20.1 Å². The summed E-state index contributed by atoms with van der Waals surface area (Å²) in [7, 11) is 3.25. The Bertz CT molecular complexity index is 462. The molecule has 0 aliphatic carbocycles. The lowest BCUT2D eigenvalue weighted by atomic mass is 10.1. The molecule has 5 nitrogen and oxygen atoms in total. The molecule has 0 aromatic heterocycles. The van der Waals surface area contributed by atoms with Gasteiger partial charge in [0.05, 0.1) is 14.2 Å². The van der Waals surface area contributed by atoms with E-state index in [1.165, 1.54) is 0 Å². The number of carbonyl (C=O) groups is 1. The predicted octanol–water partition coefficient (Wildman–Crippen LogP) is 1.01. The molecule has 1 aliphatic rings. The zero-order chi connectivity index (χ0) is 13.8. The van der Waals surface area contributed by atoms with Gasteiger partial charge in [0, 0.05) is 25.1 Å². The van der Waals surface area contributed by atoms with Gasteiger partial charge >= 0.3 is 0 Å². The van der Waals surface area contributed by atoms with E-state index in [1.807, 2.05) is 23.1 Å². The largest absolute Gasteiger partial charge is 0.497 e. The first kappa shape index (κ1) is 13.7. The fraction of sp³-hybridized carbons (Fsp3) is 0.500. The van der Waals surface area contributed by atoms with Gasteiger partial charge in [-0.05, 0) is 30.7 Å². The van der Waals surface area contributed by atoms with Crippen molar-refractivity contribution < 1.29 is 14.3 Å². The topological polar surface area (TPSA) is 64.8 Å². The molecule has 1 aliphatic heterocycles. The minimum atomic E-state index is 0.153. The zero-order valence-corrected chi connectivity index (χ0v) is 11.4. The molecular formula is C14H20N2O3. The number of nitrogens with zero attached hydrogens (tertiary/aromatic N) is 1. The average Bonchev–Trinajstić information content (AvgIpc) is 2.79. The van der Waals surface area contributed by atoms with Gasteiger partial charge in [-0.3, -0.25) is 4.79 Å². The van der Waals surface area contributed by atoms with Crippen molar-refractivity contribution in [3.8, 4) is 11.5 Å². The monoisotopic (exact) mass is 264 g/mol. The number of methoxy groups -OCH3 is 2. The maximum absolute atomic E-state index is 11.9. The third kappa shape index (κ3) is 2.98. The van der Waals surface area contributed by atoms with Crippen molar-refractivity contribution >= 4 is 5.91 Å². The summed E-state index contributed by atoms with van der Waals surface area (Å²) in [5, 5.41) is 0. The molecule has 19 heavy (non-hydrogen) atoms. The molecule has 1 saturated heterocycles. The number of amides is 1. The Kier molecular flexibility index (Phi) is 4.27. The Balaban J connectivity index is 2.16. The Morgan fingerprint density at radius 1 is 1.37 bits per heavy atom. The fourth-order valence-electron chi connectivity index (χ4n) is 2.38.